The molecule has 0 aliphatic carbocycles. The quantitative estimate of drug-likeness (QED) is 0.239. The van der Waals surface area contributed by atoms with Crippen molar-refractivity contribution in [3.05, 3.63) is 54.1 Å². The van der Waals surface area contributed by atoms with Gasteiger partial charge in [0.15, 0.2) is 11.5 Å². The number of sulfone groups is 1. The molecule has 1 aliphatic rings. The van der Waals surface area contributed by atoms with Gasteiger partial charge in [-0.25, -0.2) is 16.8 Å². The third kappa shape index (κ3) is 9.56. The Morgan fingerprint density at radius 2 is 1.67 bits per heavy atom. The number of nitrogens with zero attached hydrogens (tertiary/aromatic N) is 1. The zero-order valence-electron chi connectivity index (χ0n) is 23.5. The summed E-state index contributed by atoms with van der Waals surface area (Å²) in [5, 5.41) is 16.3. The molecule has 0 bridgehead atoms. The molecule has 3 atom stereocenters. The number of halogens is 1. The first kappa shape index (κ1) is 33.6. The van der Waals surface area contributed by atoms with Gasteiger partial charge in [0.25, 0.3) is 0 Å². The van der Waals surface area contributed by atoms with Crippen molar-refractivity contribution in [2.75, 3.05) is 37.8 Å². The molecule has 1 unspecified atom stereocenters. The van der Waals surface area contributed by atoms with E-state index >= 15 is 0 Å². The van der Waals surface area contributed by atoms with Crippen molar-refractivity contribution in [3.8, 4) is 11.5 Å². The highest BCUT2D eigenvalue weighted by atomic mass is 35.5. The third-order valence-corrected chi connectivity index (χ3v) is 9.28. The Hall–Kier alpha value is -2.91. The van der Waals surface area contributed by atoms with E-state index in [2.05, 4.69) is 10.6 Å². The molecule has 3 rings (SSSR count). The highest BCUT2D eigenvalue weighted by Crippen LogP contribution is 2.34. The summed E-state index contributed by atoms with van der Waals surface area (Å²) in [5.74, 6) is -2.23. The first-order valence-electron chi connectivity index (χ1n) is 13.1. The molecule has 15 heteroatoms. The third-order valence-electron chi connectivity index (χ3n) is 6.27. The first-order valence-corrected chi connectivity index (χ1v) is 17.2. The van der Waals surface area contributed by atoms with E-state index in [9.17, 15) is 31.5 Å². The smallest absolute Gasteiger partial charge is 0.243 e. The van der Waals surface area contributed by atoms with E-state index < -0.39 is 68.0 Å². The van der Waals surface area contributed by atoms with Crippen LogP contribution in [-0.4, -0.2) is 94.0 Å². The van der Waals surface area contributed by atoms with Crippen molar-refractivity contribution in [3.63, 3.8) is 0 Å². The van der Waals surface area contributed by atoms with Gasteiger partial charge in [0.2, 0.25) is 28.6 Å². The van der Waals surface area contributed by atoms with E-state index in [0.29, 0.717) is 5.75 Å². The number of nitrogens with one attached hydrogen (secondary N) is 2. The number of aliphatic hydroxyl groups is 1. The SMILES string of the molecule is CC(C)CN(C[C@@H](O)[C@H](Cc1ccccc1)NC(=O)C(CS(C)(=O)=O)NC(=O)CCl)S(=O)(=O)c1ccc2c(c1)OCO2. The van der Waals surface area contributed by atoms with Crippen molar-refractivity contribution in [1.82, 2.24) is 14.9 Å². The summed E-state index contributed by atoms with van der Waals surface area (Å²) < 4.78 is 63.2. The van der Waals surface area contributed by atoms with Gasteiger partial charge < -0.3 is 25.2 Å². The van der Waals surface area contributed by atoms with Crippen LogP contribution in [0, 0.1) is 5.92 Å². The van der Waals surface area contributed by atoms with Crippen LogP contribution in [0.1, 0.15) is 19.4 Å². The molecule has 0 spiro atoms. The molecule has 1 heterocycles. The molecule has 2 amide bonds. The maximum atomic E-state index is 13.7. The number of rotatable bonds is 15. The highest BCUT2D eigenvalue weighted by Gasteiger charge is 2.34. The number of hydrogen-bond donors (Lipinski definition) is 3. The number of carbonyl (C=O) groups excluding carboxylic acids is 2. The van der Waals surface area contributed by atoms with Crippen LogP contribution >= 0.6 is 11.6 Å². The second-order valence-electron chi connectivity index (χ2n) is 10.4. The van der Waals surface area contributed by atoms with Gasteiger partial charge in [0.05, 0.1) is 22.8 Å². The Labute approximate surface area is 251 Å². The molecule has 232 valence electrons. The maximum absolute atomic E-state index is 13.7. The van der Waals surface area contributed by atoms with Crippen molar-refractivity contribution in [2.45, 2.75) is 43.4 Å². The number of alkyl halides is 1. The van der Waals surface area contributed by atoms with Crippen LogP contribution in [0.3, 0.4) is 0 Å². The lowest BCUT2D eigenvalue weighted by molar-refractivity contribution is -0.128. The lowest BCUT2D eigenvalue weighted by Crippen LogP contribution is -2.57. The fourth-order valence-corrected chi connectivity index (χ4v) is 6.91. The van der Waals surface area contributed by atoms with Gasteiger partial charge in [0, 0.05) is 25.4 Å². The van der Waals surface area contributed by atoms with Gasteiger partial charge in [0.1, 0.15) is 21.8 Å². The van der Waals surface area contributed by atoms with Crippen molar-refractivity contribution in [1.29, 1.82) is 0 Å². The zero-order valence-corrected chi connectivity index (χ0v) is 25.9. The van der Waals surface area contributed by atoms with Gasteiger partial charge in [-0.3, -0.25) is 9.59 Å². The maximum Gasteiger partial charge on any atom is 0.243 e. The van der Waals surface area contributed by atoms with E-state index in [1.807, 2.05) is 13.8 Å². The van der Waals surface area contributed by atoms with E-state index in [1.54, 1.807) is 30.3 Å². The number of ether oxygens (including phenoxy) is 2. The van der Waals surface area contributed by atoms with Crippen LogP contribution in [0.25, 0.3) is 0 Å². The predicted molar refractivity (Wildman–Crippen MR) is 157 cm³/mol. The monoisotopic (exact) mass is 645 g/mol. The lowest BCUT2D eigenvalue weighted by atomic mass is 10.0. The molecule has 0 aromatic heterocycles. The number of sulfonamides is 1. The minimum absolute atomic E-state index is 0.0280. The number of benzene rings is 2. The first-order chi connectivity index (χ1) is 19.7. The van der Waals surface area contributed by atoms with E-state index in [4.69, 9.17) is 21.1 Å². The van der Waals surface area contributed by atoms with Crippen molar-refractivity contribution < 1.29 is 41.0 Å². The fraction of sp³-hybridized carbons (Fsp3) is 0.481. The van der Waals surface area contributed by atoms with E-state index in [1.165, 1.54) is 18.2 Å². The molecule has 0 radical (unpaired) electrons. The molecule has 3 N–H and O–H groups in total. The molecule has 0 fully saturated rings. The summed E-state index contributed by atoms with van der Waals surface area (Å²) in [4.78, 5) is 25.1. The Morgan fingerprint density at radius 1 is 1.00 bits per heavy atom. The second-order valence-corrected chi connectivity index (χ2v) is 14.8. The van der Waals surface area contributed by atoms with Crippen LogP contribution in [-0.2, 0) is 35.9 Å². The molecule has 1 aliphatic heterocycles. The summed E-state index contributed by atoms with van der Waals surface area (Å²) in [5.41, 5.74) is 0.723. The van der Waals surface area contributed by atoms with Crippen molar-refractivity contribution in [2.24, 2.45) is 5.92 Å². The highest BCUT2D eigenvalue weighted by molar-refractivity contribution is 7.90. The summed E-state index contributed by atoms with van der Waals surface area (Å²) in [6.45, 7) is 3.29. The molecule has 42 heavy (non-hydrogen) atoms. The Kier molecular flexibility index (Phi) is 11.6. The number of fused-ring (bicyclic) bond motifs is 1. The van der Waals surface area contributed by atoms with Gasteiger partial charge in [-0.05, 0) is 30.0 Å². The molecule has 12 nitrogen and oxygen atoms in total. The zero-order chi connectivity index (χ0) is 31.1. The predicted octanol–water partition coefficient (Wildman–Crippen LogP) is 0.919. The number of aliphatic hydroxyl groups excluding tert-OH is 1. The standard InChI is InChI=1S/C27H36ClN3O9S2/c1-18(2)14-31(42(37,38)20-9-10-24-25(12-20)40-17-39-24)15-23(32)21(11-19-7-5-4-6-8-19)30-27(34)22(16-41(3,35)36)29-26(33)13-28/h4-10,12,18,21-23,32H,11,13-17H2,1-3H3,(H,29,33)(H,30,34)/t21-,22?,23+/m0/s1. The Balaban J connectivity index is 1.91. The van der Waals surface area contributed by atoms with Crippen LogP contribution in [0.4, 0.5) is 0 Å². The number of amides is 2. The second kappa shape index (κ2) is 14.5. The topological polar surface area (TPSA) is 168 Å². The van der Waals surface area contributed by atoms with E-state index in [0.717, 1.165) is 16.1 Å². The Bertz CT molecular complexity index is 1450. The summed E-state index contributed by atoms with van der Waals surface area (Å²) >= 11 is 5.55. The van der Waals surface area contributed by atoms with Crippen molar-refractivity contribution >= 4 is 43.3 Å². The van der Waals surface area contributed by atoms with Crippen LogP contribution in [0.5, 0.6) is 11.5 Å². The molecule has 2 aromatic carbocycles. The molecule has 0 saturated heterocycles. The average molecular weight is 646 g/mol. The molecular formula is C27H36ClN3O9S2. The number of hydrogen-bond acceptors (Lipinski definition) is 9. The molecule has 0 saturated carbocycles. The van der Waals surface area contributed by atoms with Crippen LogP contribution < -0.4 is 20.1 Å². The summed E-state index contributed by atoms with van der Waals surface area (Å²) in [6.07, 6.45) is -0.428. The van der Waals surface area contributed by atoms with Gasteiger partial charge in [-0.1, -0.05) is 44.2 Å². The summed E-state index contributed by atoms with van der Waals surface area (Å²) in [6, 6.07) is 10.6. The van der Waals surface area contributed by atoms with Crippen LogP contribution in [0.15, 0.2) is 53.4 Å². The fourth-order valence-electron chi connectivity index (χ4n) is 4.35. The molecule has 2 aromatic rings. The minimum atomic E-state index is -4.13. The summed E-state index contributed by atoms with van der Waals surface area (Å²) in [7, 11) is -7.85. The van der Waals surface area contributed by atoms with E-state index in [-0.39, 0.29) is 36.3 Å². The number of carbonyl (C=O) groups is 2. The van der Waals surface area contributed by atoms with Gasteiger partial charge in [-0.2, -0.15) is 4.31 Å². The average Bonchev–Trinajstić information content (AvgIpc) is 3.39. The Morgan fingerprint density at radius 3 is 2.29 bits per heavy atom. The minimum Gasteiger partial charge on any atom is -0.454 e. The largest absolute Gasteiger partial charge is 0.454 e. The van der Waals surface area contributed by atoms with Gasteiger partial charge in [-0.15, -0.1) is 11.6 Å². The van der Waals surface area contributed by atoms with Gasteiger partial charge >= 0.3 is 0 Å². The van der Waals surface area contributed by atoms with Crippen LogP contribution in [0.2, 0.25) is 0 Å². The normalized spacial score (nSPS) is 15.3. The lowest BCUT2D eigenvalue weighted by Gasteiger charge is -2.31. The molecular weight excluding hydrogens is 610 g/mol.